The fraction of sp³-hybridized carbons (Fsp3) is 0.500. The molecule has 0 aromatic heterocycles. The first-order chi connectivity index (χ1) is 8.75. The van der Waals surface area contributed by atoms with Crippen molar-refractivity contribution in [3.63, 3.8) is 0 Å². The summed E-state index contributed by atoms with van der Waals surface area (Å²) < 4.78 is 13.6. The third-order valence-electron chi connectivity index (χ3n) is 3.90. The van der Waals surface area contributed by atoms with Gasteiger partial charge >= 0.3 is 0 Å². The molecule has 3 nitrogen and oxygen atoms in total. The highest BCUT2D eigenvalue weighted by Gasteiger charge is 2.31. The second kappa shape index (κ2) is 5.88. The first-order valence-corrected chi connectivity index (χ1v) is 6.53. The Morgan fingerprint density at radius 2 is 2.05 bits per heavy atom. The van der Waals surface area contributed by atoms with Crippen molar-refractivity contribution in [1.29, 1.82) is 0 Å². The van der Waals surface area contributed by atoms with Crippen LogP contribution < -0.4 is 5.32 Å². The van der Waals surface area contributed by atoms with E-state index in [0.717, 1.165) is 38.0 Å². The predicted octanol–water partition coefficient (Wildman–Crippen LogP) is 2.20. The minimum absolute atomic E-state index is 0. The second-order valence-electron chi connectivity index (χ2n) is 5.15. The number of halogens is 2. The smallest absolute Gasteiger partial charge is 0.257 e. The minimum atomic E-state index is -0.384. The molecule has 0 aliphatic carbocycles. The van der Waals surface area contributed by atoms with Gasteiger partial charge in [0.05, 0.1) is 5.56 Å². The molecule has 0 unspecified atom stereocenters. The minimum Gasteiger partial charge on any atom is -0.334 e. The standard InChI is InChI=1S/C14H17FN2O.ClH/c15-12-3-1-2-11-9-17(14(18)13(11)12)8-10-4-6-16-7-5-10;/h1-3,10,16H,4-9H2;1H. The summed E-state index contributed by atoms with van der Waals surface area (Å²) in [6, 6.07) is 4.89. The lowest BCUT2D eigenvalue weighted by Crippen LogP contribution is -2.36. The Labute approximate surface area is 118 Å². The molecule has 3 rings (SSSR count). The molecule has 0 radical (unpaired) electrons. The summed E-state index contributed by atoms with van der Waals surface area (Å²) >= 11 is 0. The van der Waals surface area contributed by atoms with Crippen LogP contribution in [0.15, 0.2) is 18.2 Å². The monoisotopic (exact) mass is 284 g/mol. The highest BCUT2D eigenvalue weighted by atomic mass is 35.5. The van der Waals surface area contributed by atoms with E-state index in [4.69, 9.17) is 0 Å². The zero-order chi connectivity index (χ0) is 12.5. The quantitative estimate of drug-likeness (QED) is 0.903. The van der Waals surface area contributed by atoms with E-state index in [1.165, 1.54) is 6.07 Å². The Morgan fingerprint density at radius 3 is 2.74 bits per heavy atom. The SMILES string of the molecule is Cl.O=C1c2c(F)cccc2CN1CC1CCNCC1. The molecule has 0 bridgehead atoms. The van der Waals surface area contributed by atoms with Gasteiger partial charge in [0.2, 0.25) is 0 Å². The number of carbonyl (C=O) groups is 1. The van der Waals surface area contributed by atoms with E-state index in [1.807, 2.05) is 6.07 Å². The lowest BCUT2D eigenvalue weighted by molar-refractivity contribution is 0.0737. The number of hydrogen-bond donors (Lipinski definition) is 1. The number of hydrogen-bond acceptors (Lipinski definition) is 2. The maximum Gasteiger partial charge on any atom is 0.257 e. The maximum atomic E-state index is 13.6. The first-order valence-electron chi connectivity index (χ1n) is 6.53. The van der Waals surface area contributed by atoms with Crippen LogP contribution in [0.1, 0.15) is 28.8 Å². The van der Waals surface area contributed by atoms with Crippen LogP contribution in [0.5, 0.6) is 0 Å². The summed E-state index contributed by atoms with van der Waals surface area (Å²) in [7, 11) is 0. The molecule has 1 fully saturated rings. The van der Waals surface area contributed by atoms with E-state index in [0.29, 0.717) is 12.5 Å². The maximum absolute atomic E-state index is 13.6. The number of nitrogens with one attached hydrogen (secondary N) is 1. The van der Waals surface area contributed by atoms with Gasteiger partial charge in [0, 0.05) is 13.1 Å². The van der Waals surface area contributed by atoms with Crippen molar-refractivity contribution in [3.8, 4) is 0 Å². The molecule has 1 amide bonds. The molecule has 19 heavy (non-hydrogen) atoms. The number of carbonyl (C=O) groups excluding carboxylic acids is 1. The second-order valence-corrected chi connectivity index (χ2v) is 5.15. The van der Waals surface area contributed by atoms with Crippen molar-refractivity contribution >= 4 is 18.3 Å². The van der Waals surface area contributed by atoms with E-state index in [-0.39, 0.29) is 29.7 Å². The predicted molar refractivity (Wildman–Crippen MR) is 74.0 cm³/mol. The van der Waals surface area contributed by atoms with Crippen molar-refractivity contribution in [2.75, 3.05) is 19.6 Å². The van der Waals surface area contributed by atoms with Gasteiger partial charge in [-0.2, -0.15) is 0 Å². The van der Waals surface area contributed by atoms with Crippen LogP contribution in [0.25, 0.3) is 0 Å². The van der Waals surface area contributed by atoms with Gasteiger partial charge in [-0.1, -0.05) is 12.1 Å². The molecule has 2 heterocycles. The fourth-order valence-electron chi connectivity index (χ4n) is 2.90. The molecule has 0 atom stereocenters. The lowest BCUT2D eigenvalue weighted by atomic mass is 9.98. The third-order valence-corrected chi connectivity index (χ3v) is 3.90. The molecule has 104 valence electrons. The molecular formula is C14H18ClFN2O. The van der Waals surface area contributed by atoms with Gasteiger partial charge in [0.25, 0.3) is 5.91 Å². The van der Waals surface area contributed by atoms with Crippen LogP contribution in [-0.2, 0) is 6.54 Å². The van der Waals surface area contributed by atoms with Crippen LogP contribution in [0.2, 0.25) is 0 Å². The topological polar surface area (TPSA) is 32.3 Å². The van der Waals surface area contributed by atoms with Crippen molar-refractivity contribution < 1.29 is 9.18 Å². The Kier molecular flexibility index (Phi) is 4.42. The molecule has 0 saturated carbocycles. The average molecular weight is 285 g/mol. The Hall–Kier alpha value is -1.13. The van der Waals surface area contributed by atoms with E-state index in [9.17, 15) is 9.18 Å². The number of piperidine rings is 1. The summed E-state index contributed by atoms with van der Waals surface area (Å²) in [5.41, 5.74) is 1.11. The summed E-state index contributed by atoms with van der Waals surface area (Å²) in [6.07, 6.45) is 2.20. The van der Waals surface area contributed by atoms with E-state index in [2.05, 4.69) is 5.32 Å². The molecule has 2 aliphatic heterocycles. The number of nitrogens with zero attached hydrogens (tertiary/aromatic N) is 1. The van der Waals surface area contributed by atoms with Gasteiger partial charge in [0.15, 0.2) is 0 Å². The highest BCUT2D eigenvalue weighted by Crippen LogP contribution is 2.27. The number of fused-ring (bicyclic) bond motifs is 1. The van der Waals surface area contributed by atoms with Gasteiger partial charge in [0.1, 0.15) is 5.82 Å². The largest absolute Gasteiger partial charge is 0.334 e. The van der Waals surface area contributed by atoms with Crippen LogP contribution >= 0.6 is 12.4 Å². The average Bonchev–Trinajstić information content (AvgIpc) is 2.69. The molecule has 1 N–H and O–H groups in total. The van der Waals surface area contributed by atoms with Gasteiger partial charge in [-0.05, 0) is 43.5 Å². The zero-order valence-corrected chi connectivity index (χ0v) is 11.5. The molecule has 0 spiro atoms. The van der Waals surface area contributed by atoms with Gasteiger partial charge in [-0.3, -0.25) is 4.79 Å². The lowest BCUT2D eigenvalue weighted by Gasteiger charge is -2.27. The Balaban J connectivity index is 0.00000133. The summed E-state index contributed by atoms with van der Waals surface area (Å²) in [5.74, 6) is 0.0273. The van der Waals surface area contributed by atoms with E-state index in [1.54, 1.807) is 11.0 Å². The molecule has 1 aromatic carbocycles. The van der Waals surface area contributed by atoms with Crippen LogP contribution in [0.3, 0.4) is 0 Å². The van der Waals surface area contributed by atoms with Crippen LogP contribution in [0.4, 0.5) is 4.39 Å². The molecule has 1 saturated heterocycles. The highest BCUT2D eigenvalue weighted by molar-refractivity contribution is 5.98. The third kappa shape index (κ3) is 2.74. The molecule has 1 aromatic rings. The Bertz CT molecular complexity index is 475. The molecular weight excluding hydrogens is 267 g/mol. The Morgan fingerprint density at radius 1 is 1.32 bits per heavy atom. The van der Waals surface area contributed by atoms with Crippen molar-refractivity contribution in [3.05, 3.63) is 35.1 Å². The molecule has 5 heteroatoms. The summed E-state index contributed by atoms with van der Waals surface area (Å²) in [4.78, 5) is 14.0. The van der Waals surface area contributed by atoms with Gasteiger partial charge in [-0.25, -0.2) is 4.39 Å². The molecule has 2 aliphatic rings. The van der Waals surface area contributed by atoms with Crippen LogP contribution in [-0.4, -0.2) is 30.4 Å². The zero-order valence-electron chi connectivity index (χ0n) is 10.7. The van der Waals surface area contributed by atoms with Crippen molar-refractivity contribution in [2.45, 2.75) is 19.4 Å². The van der Waals surface area contributed by atoms with E-state index < -0.39 is 0 Å². The summed E-state index contributed by atoms with van der Waals surface area (Å²) in [6.45, 7) is 3.37. The normalized spacial score (nSPS) is 19.2. The van der Waals surface area contributed by atoms with Gasteiger partial charge < -0.3 is 10.2 Å². The number of rotatable bonds is 2. The van der Waals surface area contributed by atoms with Crippen molar-refractivity contribution in [1.82, 2.24) is 10.2 Å². The number of amides is 1. The summed E-state index contributed by atoms with van der Waals surface area (Å²) in [5, 5.41) is 3.31. The first kappa shape index (κ1) is 14.3. The van der Waals surface area contributed by atoms with Crippen LogP contribution in [0, 0.1) is 11.7 Å². The number of benzene rings is 1. The van der Waals surface area contributed by atoms with Crippen molar-refractivity contribution in [2.24, 2.45) is 5.92 Å². The van der Waals surface area contributed by atoms with Gasteiger partial charge in [-0.15, -0.1) is 12.4 Å². The fourth-order valence-corrected chi connectivity index (χ4v) is 2.90. The van der Waals surface area contributed by atoms with E-state index >= 15 is 0 Å².